The van der Waals surface area contributed by atoms with Crippen LogP contribution < -0.4 is 11.1 Å². The molecule has 2 atom stereocenters. The number of aliphatic hydroxyl groups is 1. The van der Waals surface area contributed by atoms with E-state index in [4.69, 9.17) is 5.73 Å². The van der Waals surface area contributed by atoms with Crippen molar-refractivity contribution >= 4 is 0 Å². The van der Waals surface area contributed by atoms with Crippen LogP contribution in [-0.2, 0) is 0 Å². The summed E-state index contributed by atoms with van der Waals surface area (Å²) in [7, 11) is 0. The molecule has 5 rings (SSSR count). The molecule has 3 nitrogen and oxygen atoms in total. The van der Waals surface area contributed by atoms with Gasteiger partial charge < -0.3 is 16.2 Å². The van der Waals surface area contributed by atoms with Crippen molar-refractivity contribution < 1.29 is 5.11 Å². The van der Waals surface area contributed by atoms with Gasteiger partial charge in [0, 0.05) is 24.7 Å². The van der Waals surface area contributed by atoms with Gasteiger partial charge in [0.1, 0.15) is 0 Å². The monoisotopic (exact) mass is 278 g/mol. The maximum atomic E-state index is 9.60. The third-order valence-corrected chi connectivity index (χ3v) is 7.28. The van der Waals surface area contributed by atoms with Gasteiger partial charge in [-0.3, -0.25) is 0 Å². The molecule has 0 aromatic rings. The number of nitrogens with two attached hydrogens (primary N) is 1. The summed E-state index contributed by atoms with van der Waals surface area (Å²) in [5.74, 6) is 4.08. The van der Waals surface area contributed by atoms with Gasteiger partial charge in [-0.15, -0.1) is 0 Å². The summed E-state index contributed by atoms with van der Waals surface area (Å²) in [4.78, 5) is 0. The number of hydrogen-bond acceptors (Lipinski definition) is 3. The molecule has 0 radical (unpaired) electrons. The van der Waals surface area contributed by atoms with E-state index < -0.39 is 0 Å². The van der Waals surface area contributed by atoms with Crippen LogP contribution in [0.2, 0.25) is 0 Å². The minimum atomic E-state index is 0.204. The summed E-state index contributed by atoms with van der Waals surface area (Å²) in [6.07, 6.45) is 10.8. The topological polar surface area (TPSA) is 58.3 Å². The van der Waals surface area contributed by atoms with Gasteiger partial charge in [-0.25, -0.2) is 0 Å². The molecule has 0 aliphatic heterocycles. The zero-order valence-electron chi connectivity index (χ0n) is 12.6. The van der Waals surface area contributed by atoms with Crippen LogP contribution in [0.1, 0.15) is 51.4 Å². The van der Waals surface area contributed by atoms with Gasteiger partial charge in [-0.05, 0) is 74.5 Å². The lowest BCUT2D eigenvalue weighted by atomic mass is 9.48. The van der Waals surface area contributed by atoms with Crippen molar-refractivity contribution in [1.82, 2.24) is 5.32 Å². The van der Waals surface area contributed by atoms with Gasteiger partial charge in [-0.2, -0.15) is 0 Å². The van der Waals surface area contributed by atoms with Crippen LogP contribution >= 0.6 is 0 Å². The number of rotatable bonds is 4. The minimum Gasteiger partial charge on any atom is -0.396 e. The summed E-state index contributed by atoms with van der Waals surface area (Å²) in [6, 6.07) is 0.515. The number of nitrogens with one attached hydrogen (secondary N) is 1. The Bertz CT molecular complexity index is 342. The highest BCUT2D eigenvalue weighted by atomic mass is 16.3. The van der Waals surface area contributed by atoms with E-state index in [-0.39, 0.29) is 5.54 Å². The Hall–Kier alpha value is -0.120. The fourth-order valence-electron chi connectivity index (χ4n) is 6.44. The highest BCUT2D eigenvalue weighted by Crippen LogP contribution is 2.58. The van der Waals surface area contributed by atoms with Crippen molar-refractivity contribution in [2.45, 2.75) is 62.9 Å². The third kappa shape index (κ3) is 1.89. The van der Waals surface area contributed by atoms with E-state index in [1.165, 1.54) is 51.4 Å². The van der Waals surface area contributed by atoms with Crippen molar-refractivity contribution in [3.8, 4) is 0 Å². The molecular weight excluding hydrogens is 248 g/mol. The predicted molar refractivity (Wildman–Crippen MR) is 80.2 cm³/mol. The second-order valence-corrected chi connectivity index (χ2v) is 8.17. The van der Waals surface area contributed by atoms with Crippen molar-refractivity contribution in [1.29, 1.82) is 0 Å². The zero-order valence-corrected chi connectivity index (χ0v) is 12.6. The van der Waals surface area contributed by atoms with Crippen LogP contribution in [0.25, 0.3) is 0 Å². The molecule has 20 heavy (non-hydrogen) atoms. The second kappa shape index (κ2) is 4.96. The molecule has 2 unspecified atom stereocenters. The van der Waals surface area contributed by atoms with E-state index in [9.17, 15) is 5.11 Å². The van der Waals surface area contributed by atoms with E-state index in [0.717, 1.165) is 30.2 Å². The van der Waals surface area contributed by atoms with Gasteiger partial charge in [0.15, 0.2) is 0 Å². The summed E-state index contributed by atoms with van der Waals surface area (Å²) >= 11 is 0. The fraction of sp³-hybridized carbons (Fsp3) is 1.00. The molecule has 4 N–H and O–H groups in total. The van der Waals surface area contributed by atoms with E-state index in [2.05, 4.69) is 5.32 Å². The van der Waals surface area contributed by atoms with Gasteiger partial charge in [0.05, 0.1) is 0 Å². The quantitative estimate of drug-likeness (QED) is 0.736. The standard InChI is InChI=1S/C17H30N2O/c18-10-17(19-16-3-1-2-13(16)9-20)14-5-11-4-12(7-14)8-15(17)6-11/h11-16,19-20H,1-10,18H2. The highest BCUT2D eigenvalue weighted by molar-refractivity contribution is 5.13. The molecule has 0 spiro atoms. The van der Waals surface area contributed by atoms with Crippen LogP contribution in [0.3, 0.4) is 0 Å². The highest BCUT2D eigenvalue weighted by Gasteiger charge is 2.57. The normalized spacial score (nSPS) is 53.7. The first-order chi connectivity index (χ1) is 9.75. The molecule has 5 aliphatic carbocycles. The third-order valence-electron chi connectivity index (χ3n) is 7.28. The van der Waals surface area contributed by atoms with Gasteiger partial charge in [0.25, 0.3) is 0 Å². The van der Waals surface area contributed by atoms with Crippen molar-refractivity contribution in [3.05, 3.63) is 0 Å². The average Bonchev–Trinajstić information content (AvgIpc) is 2.89. The van der Waals surface area contributed by atoms with Crippen LogP contribution in [0.4, 0.5) is 0 Å². The summed E-state index contributed by atoms with van der Waals surface area (Å²) in [5.41, 5.74) is 6.53. The molecule has 0 aromatic heterocycles. The summed E-state index contributed by atoms with van der Waals surface area (Å²) in [6.45, 7) is 1.15. The first kappa shape index (κ1) is 13.5. The van der Waals surface area contributed by atoms with E-state index in [0.29, 0.717) is 18.6 Å². The molecule has 0 saturated heterocycles. The van der Waals surface area contributed by atoms with Crippen LogP contribution in [-0.4, -0.2) is 29.8 Å². The van der Waals surface area contributed by atoms with Crippen molar-refractivity contribution in [3.63, 3.8) is 0 Å². The van der Waals surface area contributed by atoms with Crippen LogP contribution in [0.15, 0.2) is 0 Å². The molecule has 3 heteroatoms. The van der Waals surface area contributed by atoms with E-state index >= 15 is 0 Å². The van der Waals surface area contributed by atoms with Crippen molar-refractivity contribution in [2.24, 2.45) is 35.3 Å². The first-order valence-corrected chi connectivity index (χ1v) is 8.83. The second-order valence-electron chi connectivity index (χ2n) is 8.17. The summed E-state index contributed by atoms with van der Waals surface area (Å²) < 4.78 is 0. The van der Waals surface area contributed by atoms with Gasteiger partial charge in [0.2, 0.25) is 0 Å². The van der Waals surface area contributed by atoms with Crippen LogP contribution in [0, 0.1) is 29.6 Å². The Kier molecular flexibility index (Phi) is 3.36. The molecule has 0 heterocycles. The lowest BCUT2D eigenvalue weighted by Gasteiger charge is -2.62. The van der Waals surface area contributed by atoms with E-state index in [1.54, 1.807) is 0 Å². The molecule has 0 amide bonds. The molecule has 5 fully saturated rings. The zero-order chi connectivity index (χ0) is 13.7. The molecular formula is C17H30N2O. The lowest BCUT2D eigenvalue weighted by molar-refractivity contribution is -0.0765. The number of aliphatic hydroxyl groups excluding tert-OH is 1. The molecule has 5 aliphatic rings. The maximum Gasteiger partial charge on any atom is 0.0474 e. The SMILES string of the molecule is NCC1(NC2CCCC2CO)C2CC3CC(C2)CC1C3. The lowest BCUT2D eigenvalue weighted by Crippen LogP contribution is -2.70. The molecule has 4 bridgehead atoms. The molecule has 0 aromatic carbocycles. The minimum absolute atomic E-state index is 0.204. The first-order valence-electron chi connectivity index (χ1n) is 8.83. The Morgan fingerprint density at radius 3 is 2.20 bits per heavy atom. The van der Waals surface area contributed by atoms with E-state index in [1.807, 2.05) is 0 Å². The Balaban J connectivity index is 1.57. The predicted octanol–water partition coefficient (Wildman–Crippen LogP) is 1.89. The van der Waals surface area contributed by atoms with Crippen LogP contribution in [0.5, 0.6) is 0 Å². The molecule has 5 saturated carbocycles. The van der Waals surface area contributed by atoms with Crippen molar-refractivity contribution in [2.75, 3.05) is 13.2 Å². The molecule has 114 valence electrons. The number of hydrogen-bond donors (Lipinski definition) is 3. The Morgan fingerprint density at radius 1 is 1.00 bits per heavy atom. The maximum absolute atomic E-state index is 9.60. The fourth-order valence-corrected chi connectivity index (χ4v) is 6.44. The Labute approximate surface area is 122 Å². The average molecular weight is 278 g/mol. The summed E-state index contributed by atoms with van der Waals surface area (Å²) in [5, 5.41) is 13.6. The Morgan fingerprint density at radius 2 is 1.65 bits per heavy atom. The van der Waals surface area contributed by atoms with Gasteiger partial charge >= 0.3 is 0 Å². The largest absolute Gasteiger partial charge is 0.396 e. The smallest absolute Gasteiger partial charge is 0.0474 e. The van der Waals surface area contributed by atoms with Gasteiger partial charge in [-0.1, -0.05) is 6.42 Å².